The molecule has 1 atom stereocenters. The van der Waals surface area contributed by atoms with Gasteiger partial charge in [-0.05, 0) is 36.0 Å². The molecule has 0 heterocycles. The number of anilines is 1. The first kappa shape index (κ1) is 13.1. The lowest BCUT2D eigenvalue weighted by atomic mass is 10.00. The minimum absolute atomic E-state index is 0.572. The maximum atomic E-state index is 3.62. The van der Waals surface area contributed by atoms with Crippen LogP contribution in [-0.4, -0.2) is 6.04 Å². The van der Waals surface area contributed by atoms with Crippen LogP contribution in [0.5, 0.6) is 0 Å². The number of hydrogen-bond acceptors (Lipinski definition) is 1. The number of rotatable bonds is 5. The normalized spacial score (nSPS) is 13.2. The van der Waals surface area contributed by atoms with E-state index in [9.17, 15) is 0 Å². The molecule has 0 radical (unpaired) electrons. The van der Waals surface area contributed by atoms with Crippen molar-refractivity contribution in [2.24, 2.45) is 5.92 Å². The summed E-state index contributed by atoms with van der Waals surface area (Å²) in [5.41, 5.74) is 2.66. The van der Waals surface area contributed by atoms with E-state index in [1.54, 1.807) is 0 Å². The van der Waals surface area contributed by atoms with Crippen LogP contribution in [0.15, 0.2) is 24.3 Å². The van der Waals surface area contributed by atoms with Crippen molar-refractivity contribution >= 4 is 5.69 Å². The van der Waals surface area contributed by atoms with Crippen molar-refractivity contribution < 1.29 is 0 Å². The van der Waals surface area contributed by atoms with E-state index in [1.807, 2.05) is 0 Å². The summed E-state index contributed by atoms with van der Waals surface area (Å²) < 4.78 is 0. The molecule has 16 heavy (non-hydrogen) atoms. The smallest absolute Gasteiger partial charge is 0.0345 e. The molecule has 90 valence electrons. The zero-order valence-corrected chi connectivity index (χ0v) is 11.2. The van der Waals surface area contributed by atoms with Crippen LogP contribution in [0.1, 0.15) is 52.5 Å². The molecule has 0 bridgehead atoms. The van der Waals surface area contributed by atoms with Gasteiger partial charge in [0.05, 0.1) is 0 Å². The molecule has 0 aliphatic heterocycles. The van der Waals surface area contributed by atoms with Gasteiger partial charge in [-0.15, -0.1) is 0 Å². The highest BCUT2D eigenvalue weighted by Gasteiger charge is 2.10. The van der Waals surface area contributed by atoms with E-state index in [4.69, 9.17) is 0 Å². The predicted molar refractivity (Wildman–Crippen MR) is 73.1 cm³/mol. The summed E-state index contributed by atoms with van der Waals surface area (Å²) in [5, 5.41) is 3.62. The van der Waals surface area contributed by atoms with E-state index < -0.39 is 0 Å². The minimum atomic E-state index is 0.572. The quantitative estimate of drug-likeness (QED) is 0.759. The lowest BCUT2D eigenvalue weighted by molar-refractivity contribution is 0.511. The molecule has 1 aromatic carbocycles. The first-order valence-electron chi connectivity index (χ1n) is 6.41. The first-order chi connectivity index (χ1) is 7.54. The highest BCUT2D eigenvalue weighted by Crippen LogP contribution is 2.20. The fraction of sp³-hybridized carbons (Fsp3) is 0.600. The third-order valence-electron chi connectivity index (χ3n) is 3.15. The Labute approximate surface area is 100 Å². The molecule has 0 aromatic heterocycles. The van der Waals surface area contributed by atoms with Crippen LogP contribution in [0.2, 0.25) is 0 Å². The zero-order chi connectivity index (χ0) is 12.1. The Kier molecular flexibility index (Phi) is 4.85. The lowest BCUT2D eigenvalue weighted by Crippen LogP contribution is -2.24. The average Bonchev–Trinajstić information content (AvgIpc) is 2.25. The van der Waals surface area contributed by atoms with Gasteiger partial charge in [-0.2, -0.15) is 0 Å². The van der Waals surface area contributed by atoms with E-state index in [0.717, 1.165) is 0 Å². The van der Waals surface area contributed by atoms with Gasteiger partial charge in [0, 0.05) is 11.7 Å². The Hall–Kier alpha value is -0.980. The van der Waals surface area contributed by atoms with Crippen LogP contribution in [0.3, 0.4) is 0 Å². The summed E-state index contributed by atoms with van der Waals surface area (Å²) in [5.74, 6) is 1.27. The molecular formula is C15H25N. The van der Waals surface area contributed by atoms with Gasteiger partial charge in [0.15, 0.2) is 0 Å². The van der Waals surface area contributed by atoms with Gasteiger partial charge in [-0.25, -0.2) is 0 Å². The van der Waals surface area contributed by atoms with Gasteiger partial charge in [-0.1, -0.05) is 46.8 Å². The van der Waals surface area contributed by atoms with Crippen molar-refractivity contribution in [1.29, 1.82) is 0 Å². The lowest BCUT2D eigenvalue weighted by Gasteiger charge is -2.22. The summed E-state index contributed by atoms with van der Waals surface area (Å²) >= 11 is 0. The molecule has 1 N–H and O–H groups in total. The van der Waals surface area contributed by atoms with Crippen molar-refractivity contribution in [1.82, 2.24) is 0 Å². The second kappa shape index (κ2) is 5.93. The molecule has 0 saturated heterocycles. The van der Waals surface area contributed by atoms with Gasteiger partial charge in [0.1, 0.15) is 0 Å². The number of benzene rings is 1. The average molecular weight is 219 g/mol. The van der Waals surface area contributed by atoms with Crippen LogP contribution >= 0.6 is 0 Å². The minimum Gasteiger partial charge on any atom is -0.382 e. The first-order valence-corrected chi connectivity index (χ1v) is 6.41. The monoisotopic (exact) mass is 219 g/mol. The fourth-order valence-corrected chi connectivity index (χ4v) is 1.94. The maximum Gasteiger partial charge on any atom is 0.0345 e. The molecule has 1 nitrogen and oxygen atoms in total. The summed E-state index contributed by atoms with van der Waals surface area (Å²) in [6, 6.07) is 9.35. The Morgan fingerprint density at radius 3 is 2.31 bits per heavy atom. The zero-order valence-electron chi connectivity index (χ0n) is 11.2. The van der Waals surface area contributed by atoms with E-state index >= 15 is 0 Å². The van der Waals surface area contributed by atoms with Crippen molar-refractivity contribution in [3.05, 3.63) is 29.8 Å². The second-order valence-corrected chi connectivity index (χ2v) is 5.18. The number of nitrogens with one attached hydrogen (secondary N) is 1. The van der Waals surface area contributed by atoms with Crippen LogP contribution in [0, 0.1) is 5.92 Å². The molecule has 1 rings (SSSR count). The highest BCUT2D eigenvalue weighted by atomic mass is 14.9. The number of hydrogen-bond donors (Lipinski definition) is 1. The van der Waals surface area contributed by atoms with E-state index in [2.05, 4.69) is 64.2 Å². The summed E-state index contributed by atoms with van der Waals surface area (Å²) in [6.45, 7) is 11.3. The van der Waals surface area contributed by atoms with Crippen molar-refractivity contribution in [2.45, 2.75) is 53.0 Å². The van der Waals surface area contributed by atoms with Crippen LogP contribution in [0.4, 0.5) is 5.69 Å². The molecule has 0 spiro atoms. The van der Waals surface area contributed by atoms with E-state index in [-0.39, 0.29) is 0 Å². The molecular weight excluding hydrogens is 194 g/mol. The standard InChI is InChI=1S/C15H25N/c1-6-15(12(4)5)16-14-9-7-8-13(10-14)11(2)3/h7-12,15-16H,6H2,1-5H3. The van der Waals surface area contributed by atoms with Crippen LogP contribution < -0.4 is 5.32 Å². The largest absolute Gasteiger partial charge is 0.382 e. The Bertz CT molecular complexity index is 315. The summed E-state index contributed by atoms with van der Waals surface area (Å²) in [6.07, 6.45) is 1.17. The Balaban J connectivity index is 2.76. The molecule has 1 heteroatoms. The van der Waals surface area contributed by atoms with Gasteiger partial charge < -0.3 is 5.32 Å². The summed E-state index contributed by atoms with van der Waals surface area (Å²) in [7, 11) is 0. The molecule has 0 saturated carbocycles. The van der Waals surface area contributed by atoms with E-state index in [1.165, 1.54) is 17.7 Å². The summed E-state index contributed by atoms with van der Waals surface area (Å²) in [4.78, 5) is 0. The van der Waals surface area contributed by atoms with Crippen molar-refractivity contribution in [3.63, 3.8) is 0 Å². The van der Waals surface area contributed by atoms with Gasteiger partial charge in [0.25, 0.3) is 0 Å². The third-order valence-corrected chi connectivity index (χ3v) is 3.15. The van der Waals surface area contributed by atoms with Crippen molar-refractivity contribution in [3.8, 4) is 0 Å². The van der Waals surface area contributed by atoms with Crippen LogP contribution in [-0.2, 0) is 0 Å². The van der Waals surface area contributed by atoms with Crippen molar-refractivity contribution in [2.75, 3.05) is 5.32 Å². The molecule has 0 amide bonds. The molecule has 1 unspecified atom stereocenters. The SMILES string of the molecule is CCC(Nc1cccc(C(C)C)c1)C(C)C. The topological polar surface area (TPSA) is 12.0 Å². The van der Waals surface area contributed by atoms with Crippen LogP contribution in [0.25, 0.3) is 0 Å². The Morgan fingerprint density at radius 1 is 1.12 bits per heavy atom. The van der Waals surface area contributed by atoms with Gasteiger partial charge in [-0.3, -0.25) is 0 Å². The van der Waals surface area contributed by atoms with E-state index in [0.29, 0.717) is 17.9 Å². The highest BCUT2D eigenvalue weighted by molar-refractivity contribution is 5.47. The van der Waals surface area contributed by atoms with Gasteiger partial charge in [0.2, 0.25) is 0 Å². The fourth-order valence-electron chi connectivity index (χ4n) is 1.94. The van der Waals surface area contributed by atoms with Gasteiger partial charge >= 0.3 is 0 Å². The maximum absolute atomic E-state index is 3.62. The molecule has 0 fully saturated rings. The third kappa shape index (κ3) is 3.55. The predicted octanol–water partition coefficient (Wildman–Crippen LogP) is 4.66. The molecule has 1 aromatic rings. The Morgan fingerprint density at radius 2 is 1.81 bits per heavy atom. The second-order valence-electron chi connectivity index (χ2n) is 5.18. The molecule has 0 aliphatic rings. The molecule has 0 aliphatic carbocycles.